The quantitative estimate of drug-likeness (QED) is 0.232. The van der Waals surface area contributed by atoms with E-state index in [1.54, 1.807) is 19.9 Å². The molecule has 1 atom stereocenters. The predicted octanol–water partition coefficient (Wildman–Crippen LogP) is 3.03. The van der Waals surface area contributed by atoms with Crippen molar-refractivity contribution in [2.24, 2.45) is 0 Å². The number of sulfone groups is 1. The Labute approximate surface area is 135 Å². The summed E-state index contributed by atoms with van der Waals surface area (Å²) in [5, 5.41) is 11.2. The average molecular weight is 434 g/mol. The number of aryl methyl sites for hydroxylation is 1. The van der Waals surface area contributed by atoms with Gasteiger partial charge in [-0.3, -0.25) is 0 Å². The van der Waals surface area contributed by atoms with Gasteiger partial charge in [-0.05, 0) is 25.5 Å². The lowest BCUT2D eigenvalue weighted by molar-refractivity contribution is -0.432. The van der Waals surface area contributed by atoms with Crippen LogP contribution in [0.2, 0.25) is 0 Å². The Balaban J connectivity index is 3.30. The third kappa shape index (κ3) is 3.98. The van der Waals surface area contributed by atoms with E-state index in [1.165, 1.54) is 13.2 Å². The van der Waals surface area contributed by atoms with Crippen molar-refractivity contribution < 1.29 is 27.8 Å². The molecule has 114 valence electrons. The summed E-state index contributed by atoms with van der Waals surface area (Å²) in [7, 11) is -1.98. The molecule has 1 N–H and O–H groups in total. The largest absolute Gasteiger partial charge is 0.495 e. The summed E-state index contributed by atoms with van der Waals surface area (Å²) in [4.78, 5) is 0.730. The highest BCUT2D eigenvalue weighted by molar-refractivity contribution is 14.1. The highest BCUT2D eigenvalue weighted by atomic mass is 127. The minimum absolute atomic E-state index is 0.229. The third-order valence-electron chi connectivity index (χ3n) is 2.67. The van der Waals surface area contributed by atoms with Crippen LogP contribution in [-0.4, -0.2) is 30.5 Å². The minimum Gasteiger partial charge on any atom is -0.495 e. The zero-order valence-electron chi connectivity index (χ0n) is 11.1. The van der Waals surface area contributed by atoms with Gasteiger partial charge in [-0.25, -0.2) is 13.7 Å². The molecule has 0 heterocycles. The van der Waals surface area contributed by atoms with Crippen LogP contribution in [0, 0.1) is 6.92 Å². The normalized spacial score (nSPS) is 13.2. The fourth-order valence-electron chi connectivity index (χ4n) is 1.53. The first-order valence-corrected chi connectivity index (χ1v) is 9.33. The second-order valence-electron chi connectivity index (χ2n) is 4.00. The molecule has 0 aliphatic carbocycles. The molecule has 1 aromatic rings. The molecule has 0 saturated carbocycles. The lowest BCUT2D eigenvalue weighted by Crippen LogP contribution is -2.20. The predicted molar refractivity (Wildman–Crippen MR) is 83.9 cm³/mol. The van der Waals surface area contributed by atoms with Crippen molar-refractivity contribution >= 4 is 44.5 Å². The number of benzene rings is 1. The van der Waals surface area contributed by atoms with Crippen LogP contribution in [0.25, 0.3) is 0 Å². The Morgan fingerprint density at radius 2 is 2.10 bits per heavy atom. The molecule has 0 fully saturated rings. The highest BCUT2D eigenvalue weighted by Gasteiger charge is 2.26. The first kappa shape index (κ1) is 18.0. The number of hydrogen-bond acceptors (Lipinski definition) is 7. The van der Waals surface area contributed by atoms with Gasteiger partial charge in [0.15, 0.2) is 9.84 Å². The van der Waals surface area contributed by atoms with Crippen LogP contribution in [0.4, 0.5) is 0 Å². The van der Waals surface area contributed by atoms with Crippen molar-refractivity contribution in [1.29, 1.82) is 0 Å². The number of rotatable bonds is 7. The summed E-state index contributed by atoms with van der Waals surface area (Å²) >= 11 is 2.77. The molecule has 0 spiro atoms. The molecule has 1 unspecified atom stereocenters. The van der Waals surface area contributed by atoms with Gasteiger partial charge in [0.1, 0.15) is 5.75 Å². The van der Waals surface area contributed by atoms with E-state index in [0.29, 0.717) is 20.6 Å². The van der Waals surface area contributed by atoms with Gasteiger partial charge < -0.3 is 4.74 Å². The molecule has 20 heavy (non-hydrogen) atoms. The van der Waals surface area contributed by atoms with Gasteiger partial charge in [0.2, 0.25) is 0 Å². The molecule has 0 aliphatic heterocycles. The number of hydrogen-bond donors (Lipinski definition) is 1. The third-order valence-corrected chi connectivity index (χ3v) is 7.49. The second kappa shape index (κ2) is 7.80. The zero-order chi connectivity index (χ0) is 15.3. The molecule has 0 saturated heterocycles. The van der Waals surface area contributed by atoms with Crippen molar-refractivity contribution in [3.05, 3.63) is 17.7 Å². The number of halogens is 1. The Kier molecular flexibility index (Phi) is 7.01. The molecule has 0 bridgehead atoms. The molecular weight excluding hydrogens is 419 g/mol. The molecule has 0 amide bonds. The molecule has 1 aromatic carbocycles. The average Bonchev–Trinajstić information content (AvgIpc) is 2.43. The monoisotopic (exact) mass is 434 g/mol. The summed E-state index contributed by atoms with van der Waals surface area (Å²) in [6.45, 7) is 3.36. The number of methoxy groups -OCH3 is 1. The van der Waals surface area contributed by atoms with Crippen molar-refractivity contribution in [3.63, 3.8) is 0 Å². The van der Waals surface area contributed by atoms with Crippen LogP contribution >= 0.6 is 34.6 Å². The summed E-state index contributed by atoms with van der Waals surface area (Å²) < 4.78 is 34.8. The number of alkyl halides is 1. The lowest BCUT2D eigenvalue weighted by atomic mass is 10.2. The topological polar surface area (TPSA) is 82.1 Å². The van der Waals surface area contributed by atoms with Crippen LogP contribution in [0.1, 0.15) is 12.5 Å². The minimum atomic E-state index is -3.41. The lowest BCUT2D eigenvalue weighted by Gasteiger charge is -2.15. The van der Waals surface area contributed by atoms with Crippen LogP contribution < -0.4 is 4.74 Å². The van der Waals surface area contributed by atoms with E-state index < -0.39 is 15.1 Å². The Morgan fingerprint density at radius 3 is 2.60 bits per heavy atom. The Bertz CT molecular complexity index is 560. The van der Waals surface area contributed by atoms with E-state index in [-0.39, 0.29) is 4.90 Å². The molecule has 9 heteroatoms. The van der Waals surface area contributed by atoms with Crippen molar-refractivity contribution in [2.45, 2.75) is 28.9 Å². The van der Waals surface area contributed by atoms with Gasteiger partial charge in [-0.2, -0.15) is 0 Å². The maximum atomic E-state index is 12.4. The summed E-state index contributed by atoms with van der Waals surface area (Å²) in [6, 6.07) is 3.06. The zero-order valence-corrected chi connectivity index (χ0v) is 14.9. The molecule has 1 rings (SSSR count). The van der Waals surface area contributed by atoms with Gasteiger partial charge in [0.05, 0.1) is 34.2 Å². The number of ether oxygens (including phenoxy) is 1. The van der Waals surface area contributed by atoms with Crippen molar-refractivity contribution in [3.8, 4) is 5.75 Å². The summed E-state index contributed by atoms with van der Waals surface area (Å²) in [5.74, 6) is 0.330. The van der Waals surface area contributed by atoms with E-state index in [1.807, 2.05) is 22.6 Å². The standard InChI is InChI=1S/C11H15IO6S2/c1-7-4-10(19-18-17-13)9(16-3)5-11(7)20(14,15)8(2)6-12/h4-5,8,13H,6H2,1-3H3. The van der Waals surface area contributed by atoms with Crippen LogP contribution in [0.3, 0.4) is 0 Å². The van der Waals surface area contributed by atoms with Gasteiger partial charge in [-0.15, -0.1) is 4.33 Å². The molecular formula is C11H15IO6S2. The van der Waals surface area contributed by atoms with E-state index >= 15 is 0 Å². The van der Waals surface area contributed by atoms with Crippen LogP contribution in [0.5, 0.6) is 5.75 Å². The first-order chi connectivity index (χ1) is 9.38. The van der Waals surface area contributed by atoms with E-state index in [0.717, 1.165) is 12.0 Å². The highest BCUT2D eigenvalue weighted by Crippen LogP contribution is 2.35. The van der Waals surface area contributed by atoms with Gasteiger partial charge >= 0.3 is 0 Å². The van der Waals surface area contributed by atoms with Gasteiger partial charge in [-0.1, -0.05) is 27.6 Å². The molecule has 0 radical (unpaired) electrons. The molecule has 6 nitrogen and oxygen atoms in total. The van der Waals surface area contributed by atoms with Crippen molar-refractivity contribution in [1.82, 2.24) is 0 Å². The van der Waals surface area contributed by atoms with Gasteiger partial charge in [0.25, 0.3) is 0 Å². The summed E-state index contributed by atoms with van der Waals surface area (Å²) in [6.07, 6.45) is 0. The maximum Gasteiger partial charge on any atom is 0.182 e. The van der Waals surface area contributed by atoms with Crippen molar-refractivity contribution in [2.75, 3.05) is 11.5 Å². The molecule has 0 aromatic heterocycles. The summed E-state index contributed by atoms with van der Waals surface area (Å²) in [5.41, 5.74) is 0.575. The van der Waals surface area contributed by atoms with Gasteiger partial charge in [0, 0.05) is 10.5 Å². The SMILES string of the molecule is COc1cc(S(=O)(=O)C(C)CI)c(C)cc1SOOO. The second-order valence-corrected chi connectivity index (χ2v) is 7.96. The van der Waals surface area contributed by atoms with E-state index in [4.69, 9.17) is 9.99 Å². The fraction of sp³-hybridized carbons (Fsp3) is 0.455. The van der Waals surface area contributed by atoms with E-state index in [9.17, 15) is 8.42 Å². The fourth-order valence-corrected chi connectivity index (χ4v) is 4.88. The Hall–Kier alpha value is -0.0700. The Morgan fingerprint density at radius 1 is 1.45 bits per heavy atom. The smallest absolute Gasteiger partial charge is 0.182 e. The maximum absolute atomic E-state index is 12.4. The van der Waals surface area contributed by atoms with E-state index in [2.05, 4.69) is 9.37 Å². The first-order valence-electron chi connectivity index (χ1n) is 5.51. The van der Waals surface area contributed by atoms with Crippen LogP contribution in [0.15, 0.2) is 21.9 Å². The molecule has 0 aliphatic rings. The van der Waals surface area contributed by atoms with Crippen LogP contribution in [-0.2, 0) is 19.2 Å².